The van der Waals surface area contributed by atoms with E-state index < -0.39 is 6.61 Å². The first-order valence-electron chi connectivity index (χ1n) is 7.08. The fraction of sp³-hybridized carbons (Fsp3) is 0.294. The third-order valence-corrected chi connectivity index (χ3v) is 3.86. The number of fused-ring (bicyclic) bond motifs is 1. The number of halogens is 2. The zero-order valence-corrected chi connectivity index (χ0v) is 11.6. The molecule has 4 heteroatoms. The Balaban J connectivity index is 1.69. The Labute approximate surface area is 122 Å². The fourth-order valence-electron chi connectivity index (χ4n) is 2.86. The second-order valence-electron chi connectivity index (χ2n) is 5.16. The van der Waals surface area contributed by atoms with Crippen LogP contribution >= 0.6 is 0 Å². The summed E-state index contributed by atoms with van der Waals surface area (Å²) in [6, 6.07) is 15.5. The average molecular weight is 289 g/mol. The van der Waals surface area contributed by atoms with Crippen LogP contribution in [0, 0.1) is 0 Å². The largest absolute Gasteiger partial charge is 0.434 e. The highest BCUT2D eigenvalue weighted by Crippen LogP contribution is 2.31. The molecule has 0 spiro atoms. The smallest absolute Gasteiger partial charge is 0.387 e. The zero-order chi connectivity index (χ0) is 14.7. The average Bonchev–Trinajstić information content (AvgIpc) is 2.89. The van der Waals surface area contributed by atoms with E-state index in [0.29, 0.717) is 6.54 Å². The van der Waals surface area contributed by atoms with Crippen LogP contribution in [0.15, 0.2) is 48.5 Å². The van der Waals surface area contributed by atoms with Crippen LogP contribution in [0.25, 0.3) is 0 Å². The third kappa shape index (κ3) is 3.22. The number of ether oxygens (including phenoxy) is 1. The standard InChI is InChI=1S/C17H17F2NO/c18-17(19)21-16-8-4-2-6-13(16)11-20-15-10-9-12-5-1-3-7-14(12)15/h1-8,15,17,20H,9-11H2. The van der Waals surface area contributed by atoms with E-state index in [1.165, 1.54) is 11.1 Å². The van der Waals surface area contributed by atoms with Crippen molar-refractivity contribution in [2.24, 2.45) is 0 Å². The molecule has 1 aliphatic carbocycles. The van der Waals surface area contributed by atoms with E-state index in [9.17, 15) is 8.78 Å². The lowest BCUT2D eigenvalue weighted by atomic mass is 10.1. The minimum atomic E-state index is -2.79. The van der Waals surface area contributed by atoms with E-state index >= 15 is 0 Å². The number of para-hydroxylation sites is 1. The van der Waals surface area contributed by atoms with Crippen LogP contribution < -0.4 is 10.1 Å². The van der Waals surface area contributed by atoms with Gasteiger partial charge >= 0.3 is 6.61 Å². The molecule has 110 valence electrons. The molecule has 1 aliphatic rings. The number of hydrogen-bond donors (Lipinski definition) is 1. The van der Waals surface area contributed by atoms with Gasteiger partial charge in [-0.15, -0.1) is 0 Å². The number of nitrogens with one attached hydrogen (secondary N) is 1. The van der Waals surface area contributed by atoms with Crippen molar-refractivity contribution in [1.29, 1.82) is 0 Å². The van der Waals surface area contributed by atoms with Gasteiger partial charge < -0.3 is 10.1 Å². The molecule has 0 fully saturated rings. The molecule has 3 rings (SSSR count). The van der Waals surface area contributed by atoms with E-state index in [1.807, 2.05) is 24.3 Å². The molecular formula is C17H17F2NO. The number of hydrogen-bond acceptors (Lipinski definition) is 2. The van der Waals surface area contributed by atoms with Gasteiger partial charge in [0.2, 0.25) is 0 Å². The quantitative estimate of drug-likeness (QED) is 0.896. The van der Waals surface area contributed by atoms with Crippen molar-refractivity contribution in [3.8, 4) is 5.75 Å². The van der Waals surface area contributed by atoms with Crippen LogP contribution in [0.3, 0.4) is 0 Å². The second-order valence-corrected chi connectivity index (χ2v) is 5.16. The van der Waals surface area contributed by atoms with Gasteiger partial charge in [-0.05, 0) is 30.0 Å². The minimum absolute atomic E-state index is 0.242. The molecule has 1 atom stereocenters. The summed E-state index contributed by atoms with van der Waals surface area (Å²) in [5, 5.41) is 3.44. The number of benzene rings is 2. The van der Waals surface area contributed by atoms with Crippen LogP contribution in [0.4, 0.5) is 8.78 Å². The molecule has 0 amide bonds. The Bertz CT molecular complexity index is 615. The predicted molar refractivity (Wildman–Crippen MR) is 77.4 cm³/mol. The van der Waals surface area contributed by atoms with Gasteiger partial charge in [0, 0.05) is 18.2 Å². The molecule has 0 bridgehead atoms. The third-order valence-electron chi connectivity index (χ3n) is 3.86. The Hall–Kier alpha value is -1.94. The van der Waals surface area contributed by atoms with E-state index in [1.54, 1.807) is 12.1 Å². The van der Waals surface area contributed by atoms with Crippen molar-refractivity contribution >= 4 is 0 Å². The summed E-state index contributed by atoms with van der Waals surface area (Å²) >= 11 is 0. The van der Waals surface area contributed by atoms with Crippen molar-refractivity contribution in [2.75, 3.05) is 0 Å². The van der Waals surface area contributed by atoms with Crippen molar-refractivity contribution in [3.63, 3.8) is 0 Å². The summed E-state index contributed by atoms with van der Waals surface area (Å²) < 4.78 is 29.3. The summed E-state index contributed by atoms with van der Waals surface area (Å²) in [5.74, 6) is 0.242. The Morgan fingerprint density at radius 3 is 2.71 bits per heavy atom. The molecule has 1 unspecified atom stereocenters. The lowest BCUT2D eigenvalue weighted by Crippen LogP contribution is -2.19. The molecule has 0 saturated heterocycles. The lowest BCUT2D eigenvalue weighted by Gasteiger charge is -2.16. The van der Waals surface area contributed by atoms with Gasteiger partial charge in [0.25, 0.3) is 0 Å². The molecular weight excluding hydrogens is 272 g/mol. The maximum absolute atomic E-state index is 12.4. The Kier molecular flexibility index (Phi) is 4.15. The van der Waals surface area contributed by atoms with Gasteiger partial charge in [0.05, 0.1) is 0 Å². The number of alkyl halides is 2. The molecule has 0 aliphatic heterocycles. The van der Waals surface area contributed by atoms with Gasteiger partial charge in [-0.2, -0.15) is 8.78 Å². The summed E-state index contributed by atoms with van der Waals surface area (Å²) in [5.41, 5.74) is 3.43. The van der Waals surface area contributed by atoms with Crippen LogP contribution in [-0.2, 0) is 13.0 Å². The monoisotopic (exact) mass is 289 g/mol. The first-order valence-corrected chi connectivity index (χ1v) is 7.08. The molecule has 1 N–H and O–H groups in total. The minimum Gasteiger partial charge on any atom is -0.434 e. The summed E-state index contributed by atoms with van der Waals surface area (Å²) in [6.07, 6.45) is 2.10. The highest BCUT2D eigenvalue weighted by molar-refractivity contribution is 5.36. The molecule has 0 radical (unpaired) electrons. The Morgan fingerprint density at radius 2 is 1.86 bits per heavy atom. The van der Waals surface area contributed by atoms with Crippen molar-refractivity contribution < 1.29 is 13.5 Å². The highest BCUT2D eigenvalue weighted by Gasteiger charge is 2.21. The summed E-state index contributed by atoms with van der Waals surface area (Å²) in [4.78, 5) is 0. The topological polar surface area (TPSA) is 21.3 Å². The van der Waals surface area contributed by atoms with Crippen LogP contribution in [0.2, 0.25) is 0 Å². The molecule has 2 aromatic carbocycles. The van der Waals surface area contributed by atoms with Crippen molar-refractivity contribution in [1.82, 2.24) is 5.32 Å². The SMILES string of the molecule is FC(F)Oc1ccccc1CNC1CCc2ccccc21. The number of rotatable bonds is 5. The van der Waals surface area contributed by atoms with Gasteiger partial charge in [-0.3, -0.25) is 0 Å². The van der Waals surface area contributed by atoms with Crippen molar-refractivity contribution in [3.05, 3.63) is 65.2 Å². The van der Waals surface area contributed by atoms with Gasteiger partial charge in [-0.1, -0.05) is 42.5 Å². The predicted octanol–water partition coefficient (Wildman–Crippen LogP) is 4.07. The molecule has 0 saturated carbocycles. The maximum Gasteiger partial charge on any atom is 0.387 e. The molecule has 2 aromatic rings. The van der Waals surface area contributed by atoms with E-state index in [0.717, 1.165) is 18.4 Å². The molecule has 21 heavy (non-hydrogen) atoms. The van der Waals surface area contributed by atoms with Gasteiger partial charge in [-0.25, -0.2) is 0 Å². The summed E-state index contributed by atoms with van der Waals surface area (Å²) in [7, 11) is 0. The zero-order valence-electron chi connectivity index (χ0n) is 11.6. The van der Waals surface area contributed by atoms with Gasteiger partial charge in [0.15, 0.2) is 0 Å². The normalized spacial score (nSPS) is 17.0. The molecule has 0 aromatic heterocycles. The van der Waals surface area contributed by atoms with Crippen LogP contribution in [0.5, 0.6) is 5.75 Å². The molecule has 2 nitrogen and oxygen atoms in total. The van der Waals surface area contributed by atoms with E-state index in [4.69, 9.17) is 0 Å². The second kappa shape index (κ2) is 6.22. The summed E-state index contributed by atoms with van der Waals surface area (Å²) in [6.45, 7) is -2.28. The van der Waals surface area contributed by atoms with Crippen molar-refractivity contribution in [2.45, 2.75) is 32.0 Å². The first-order chi connectivity index (χ1) is 10.2. The van der Waals surface area contributed by atoms with E-state index in [2.05, 4.69) is 22.2 Å². The van der Waals surface area contributed by atoms with E-state index in [-0.39, 0.29) is 11.8 Å². The molecule has 0 heterocycles. The Morgan fingerprint density at radius 1 is 1.10 bits per heavy atom. The number of aryl methyl sites for hydroxylation is 1. The lowest BCUT2D eigenvalue weighted by molar-refractivity contribution is -0.0505. The van der Waals surface area contributed by atoms with Crippen LogP contribution in [-0.4, -0.2) is 6.61 Å². The first kappa shape index (κ1) is 14.0. The maximum atomic E-state index is 12.4. The fourth-order valence-corrected chi connectivity index (χ4v) is 2.86. The highest BCUT2D eigenvalue weighted by atomic mass is 19.3. The van der Waals surface area contributed by atoms with Gasteiger partial charge in [0.1, 0.15) is 5.75 Å². The van der Waals surface area contributed by atoms with Crippen LogP contribution in [0.1, 0.15) is 29.2 Å².